The van der Waals surface area contributed by atoms with Crippen molar-refractivity contribution in [3.8, 4) is 0 Å². The van der Waals surface area contributed by atoms with E-state index in [4.69, 9.17) is 9.15 Å². The van der Waals surface area contributed by atoms with Gasteiger partial charge in [0.15, 0.2) is 10.4 Å². The number of hydrogen-bond donors (Lipinski definition) is 0. The molecule has 0 bridgehead atoms. The van der Waals surface area contributed by atoms with Crippen LogP contribution in [0.1, 0.15) is 12.7 Å². The fourth-order valence-electron chi connectivity index (χ4n) is 1.36. The van der Waals surface area contributed by atoms with Gasteiger partial charge in [0, 0.05) is 11.0 Å². The van der Waals surface area contributed by atoms with Crippen molar-refractivity contribution in [2.75, 3.05) is 6.61 Å². The molecule has 1 aromatic carbocycles. The van der Waals surface area contributed by atoms with E-state index in [9.17, 15) is 4.79 Å². The standard InChI is InChI=1S/C14H12BrNO3S/c1-2-18-12(17)9-8-11-13(15)16-14(19-11)20-10-6-4-3-5-7-10/h3-9H,2H2,1H3/b9-8+. The number of esters is 1. The minimum Gasteiger partial charge on any atom is -0.463 e. The van der Waals surface area contributed by atoms with Crippen LogP contribution in [-0.2, 0) is 9.53 Å². The summed E-state index contributed by atoms with van der Waals surface area (Å²) in [5, 5.41) is 0.506. The van der Waals surface area contributed by atoms with E-state index in [1.165, 1.54) is 23.9 Å². The Bertz CT molecular complexity index is 610. The Labute approximate surface area is 129 Å². The zero-order valence-corrected chi connectivity index (χ0v) is 13.1. The summed E-state index contributed by atoms with van der Waals surface area (Å²) < 4.78 is 10.9. The van der Waals surface area contributed by atoms with Crippen LogP contribution in [0.15, 0.2) is 55.5 Å². The second-order valence-electron chi connectivity index (χ2n) is 3.64. The minimum atomic E-state index is -0.409. The molecule has 4 nitrogen and oxygen atoms in total. The first kappa shape index (κ1) is 14.9. The van der Waals surface area contributed by atoms with Crippen molar-refractivity contribution in [2.45, 2.75) is 17.0 Å². The second kappa shape index (κ2) is 7.31. The van der Waals surface area contributed by atoms with Crippen LogP contribution >= 0.6 is 27.7 Å². The van der Waals surface area contributed by atoms with Crippen LogP contribution in [0.5, 0.6) is 0 Å². The smallest absolute Gasteiger partial charge is 0.330 e. The van der Waals surface area contributed by atoms with Gasteiger partial charge in [0.1, 0.15) is 0 Å². The number of nitrogens with zero attached hydrogens (tertiary/aromatic N) is 1. The fraction of sp³-hybridized carbons (Fsp3) is 0.143. The predicted octanol–water partition coefficient (Wildman–Crippen LogP) is 4.16. The Morgan fingerprint density at radius 3 is 2.90 bits per heavy atom. The van der Waals surface area contributed by atoms with Gasteiger partial charge in [0.25, 0.3) is 5.22 Å². The van der Waals surface area contributed by atoms with Crippen LogP contribution in [0.3, 0.4) is 0 Å². The van der Waals surface area contributed by atoms with Gasteiger partial charge in [-0.2, -0.15) is 4.98 Å². The van der Waals surface area contributed by atoms with Gasteiger partial charge in [-0.3, -0.25) is 0 Å². The fourth-order valence-corrected chi connectivity index (χ4v) is 2.62. The molecule has 1 aromatic heterocycles. The van der Waals surface area contributed by atoms with Crippen LogP contribution < -0.4 is 0 Å². The molecule has 0 aliphatic heterocycles. The van der Waals surface area contributed by atoms with Crippen molar-refractivity contribution in [3.63, 3.8) is 0 Å². The molecule has 20 heavy (non-hydrogen) atoms. The largest absolute Gasteiger partial charge is 0.463 e. The van der Waals surface area contributed by atoms with Gasteiger partial charge in [0.2, 0.25) is 0 Å². The average molecular weight is 354 g/mol. The Balaban J connectivity index is 2.08. The third kappa shape index (κ3) is 4.25. The normalized spacial score (nSPS) is 10.9. The van der Waals surface area contributed by atoms with Crippen molar-refractivity contribution >= 4 is 39.7 Å². The molecule has 0 N–H and O–H groups in total. The lowest BCUT2D eigenvalue weighted by molar-refractivity contribution is -0.137. The predicted molar refractivity (Wildman–Crippen MR) is 80.4 cm³/mol. The summed E-state index contributed by atoms with van der Waals surface area (Å²) in [6.07, 6.45) is 2.84. The molecule has 6 heteroatoms. The first-order chi connectivity index (χ1) is 9.69. The summed E-state index contributed by atoms with van der Waals surface area (Å²) in [6, 6.07) is 9.78. The highest BCUT2D eigenvalue weighted by Crippen LogP contribution is 2.30. The summed E-state index contributed by atoms with van der Waals surface area (Å²) in [5.74, 6) is 0.0737. The van der Waals surface area contributed by atoms with Crippen LogP contribution in [0, 0.1) is 0 Å². The molecule has 0 fully saturated rings. The number of oxazole rings is 1. The van der Waals surface area contributed by atoms with E-state index in [2.05, 4.69) is 20.9 Å². The van der Waals surface area contributed by atoms with Gasteiger partial charge in [-0.15, -0.1) is 0 Å². The molecule has 0 aliphatic carbocycles. The second-order valence-corrected chi connectivity index (χ2v) is 5.41. The number of carbonyl (C=O) groups excluding carboxylic acids is 1. The van der Waals surface area contributed by atoms with E-state index in [1.807, 2.05) is 30.3 Å². The minimum absolute atomic E-state index is 0.343. The Kier molecular flexibility index (Phi) is 5.43. The monoisotopic (exact) mass is 353 g/mol. The number of aromatic nitrogens is 1. The number of ether oxygens (including phenoxy) is 1. The molecule has 2 aromatic rings. The van der Waals surface area contributed by atoms with Gasteiger partial charge in [-0.1, -0.05) is 18.2 Å². The summed E-state index contributed by atoms with van der Waals surface area (Å²) in [7, 11) is 0. The van der Waals surface area contributed by atoms with Gasteiger partial charge < -0.3 is 9.15 Å². The number of halogens is 1. The highest BCUT2D eigenvalue weighted by Gasteiger charge is 2.10. The molecule has 0 aliphatic rings. The maximum atomic E-state index is 11.2. The molecule has 0 amide bonds. The van der Waals surface area contributed by atoms with Crippen molar-refractivity contribution < 1.29 is 13.9 Å². The van der Waals surface area contributed by atoms with E-state index in [-0.39, 0.29) is 0 Å². The number of hydrogen-bond acceptors (Lipinski definition) is 5. The van der Waals surface area contributed by atoms with Crippen molar-refractivity contribution in [1.29, 1.82) is 0 Å². The molecular formula is C14H12BrNO3S. The van der Waals surface area contributed by atoms with Gasteiger partial charge in [-0.05, 0) is 52.8 Å². The molecule has 104 valence electrons. The highest BCUT2D eigenvalue weighted by atomic mass is 79.9. The molecule has 0 radical (unpaired) electrons. The SMILES string of the molecule is CCOC(=O)/C=C/c1oc(Sc2ccccc2)nc1Br. The van der Waals surface area contributed by atoms with E-state index >= 15 is 0 Å². The zero-order chi connectivity index (χ0) is 14.4. The van der Waals surface area contributed by atoms with Crippen molar-refractivity contribution in [1.82, 2.24) is 4.98 Å². The Morgan fingerprint density at radius 1 is 1.45 bits per heavy atom. The van der Waals surface area contributed by atoms with Crippen LogP contribution in [-0.4, -0.2) is 17.6 Å². The molecule has 2 rings (SSSR count). The number of benzene rings is 1. The summed E-state index contributed by atoms with van der Waals surface area (Å²) >= 11 is 4.71. The molecule has 1 heterocycles. The maximum absolute atomic E-state index is 11.2. The lowest BCUT2D eigenvalue weighted by Crippen LogP contribution is -1.98. The Morgan fingerprint density at radius 2 is 2.20 bits per heavy atom. The molecular weight excluding hydrogens is 342 g/mol. The lowest BCUT2D eigenvalue weighted by atomic mass is 10.4. The lowest BCUT2D eigenvalue weighted by Gasteiger charge is -1.94. The van der Waals surface area contributed by atoms with E-state index in [1.54, 1.807) is 6.92 Å². The van der Waals surface area contributed by atoms with Gasteiger partial charge in [-0.25, -0.2) is 4.79 Å². The summed E-state index contributed by atoms with van der Waals surface area (Å²) in [5.41, 5.74) is 0. The van der Waals surface area contributed by atoms with Crippen LogP contribution in [0.2, 0.25) is 0 Å². The van der Waals surface area contributed by atoms with E-state index in [0.29, 0.717) is 22.2 Å². The summed E-state index contributed by atoms with van der Waals surface area (Å²) in [6.45, 7) is 2.10. The first-order valence-corrected chi connectivity index (χ1v) is 7.54. The third-order valence-electron chi connectivity index (χ3n) is 2.20. The van der Waals surface area contributed by atoms with Crippen molar-refractivity contribution in [3.05, 3.63) is 46.8 Å². The molecule has 0 atom stereocenters. The number of carbonyl (C=O) groups is 1. The van der Waals surface area contributed by atoms with Gasteiger partial charge >= 0.3 is 5.97 Å². The zero-order valence-electron chi connectivity index (χ0n) is 10.7. The first-order valence-electron chi connectivity index (χ1n) is 5.93. The topological polar surface area (TPSA) is 52.3 Å². The van der Waals surface area contributed by atoms with E-state index in [0.717, 1.165) is 4.90 Å². The van der Waals surface area contributed by atoms with Gasteiger partial charge in [0.05, 0.1) is 6.61 Å². The quantitative estimate of drug-likeness (QED) is 0.596. The number of rotatable bonds is 5. The molecule has 0 spiro atoms. The Hall–Kier alpha value is -1.53. The third-order valence-corrected chi connectivity index (χ3v) is 3.62. The maximum Gasteiger partial charge on any atom is 0.330 e. The summed E-state index contributed by atoms with van der Waals surface area (Å²) in [4.78, 5) is 16.5. The molecule has 0 saturated carbocycles. The van der Waals surface area contributed by atoms with Crippen LogP contribution in [0.4, 0.5) is 0 Å². The molecule has 0 unspecified atom stereocenters. The van der Waals surface area contributed by atoms with E-state index < -0.39 is 5.97 Å². The average Bonchev–Trinajstić information content (AvgIpc) is 2.78. The highest BCUT2D eigenvalue weighted by molar-refractivity contribution is 9.10. The van der Waals surface area contributed by atoms with Crippen molar-refractivity contribution in [2.24, 2.45) is 0 Å². The van der Waals surface area contributed by atoms with Crippen LogP contribution in [0.25, 0.3) is 6.08 Å². The molecule has 0 saturated heterocycles.